The van der Waals surface area contributed by atoms with Crippen molar-refractivity contribution in [2.45, 2.75) is 47.9 Å². The monoisotopic (exact) mass is 499 g/mol. The average molecular weight is 500 g/mol. The summed E-state index contributed by atoms with van der Waals surface area (Å²) >= 11 is 12.1. The minimum absolute atomic E-state index is 0.0289. The number of benzene rings is 3. The van der Waals surface area contributed by atoms with Crippen molar-refractivity contribution in [3.8, 4) is 11.1 Å². The quantitative estimate of drug-likeness (QED) is 0.424. The molecule has 2 aliphatic rings. The Labute approximate surface area is 204 Å². The molecule has 2 fully saturated rings. The topological polar surface area (TPSA) is 54.5 Å². The molecule has 0 spiro atoms. The molecule has 2 aliphatic heterocycles. The molecule has 3 aromatic carbocycles. The fourth-order valence-corrected chi connectivity index (χ4v) is 7.32. The van der Waals surface area contributed by atoms with E-state index in [1.807, 2.05) is 41.3 Å². The van der Waals surface area contributed by atoms with E-state index in [2.05, 4.69) is 0 Å². The van der Waals surface area contributed by atoms with Crippen molar-refractivity contribution in [2.75, 3.05) is 0 Å². The normalized spacial score (nSPS) is 22.4. The third kappa shape index (κ3) is 4.18. The van der Waals surface area contributed by atoms with E-state index in [1.165, 1.54) is 0 Å². The Balaban J connectivity index is 1.34. The van der Waals surface area contributed by atoms with Gasteiger partial charge in [-0.05, 0) is 73.2 Å². The van der Waals surface area contributed by atoms with Gasteiger partial charge in [0.25, 0.3) is 5.91 Å². The fourth-order valence-electron chi connectivity index (χ4n) is 5.14. The molecule has 0 aliphatic carbocycles. The molecule has 170 valence electrons. The molecule has 2 saturated heterocycles. The van der Waals surface area contributed by atoms with E-state index in [9.17, 15) is 13.2 Å². The lowest BCUT2D eigenvalue weighted by Crippen LogP contribution is -2.49. The Bertz CT molecular complexity index is 1280. The molecule has 2 heterocycles. The molecule has 2 bridgehead atoms. The summed E-state index contributed by atoms with van der Waals surface area (Å²) in [4.78, 5) is 15.7. The maximum atomic E-state index is 13.4. The van der Waals surface area contributed by atoms with Crippen LogP contribution in [0.25, 0.3) is 11.1 Å². The van der Waals surface area contributed by atoms with Crippen LogP contribution in [0.1, 0.15) is 36.0 Å². The minimum Gasteiger partial charge on any atom is -0.333 e. The third-order valence-electron chi connectivity index (χ3n) is 6.82. The number of hydrogen-bond donors (Lipinski definition) is 0. The minimum atomic E-state index is -3.40. The number of rotatable bonds is 4. The molecule has 0 N–H and O–H groups in total. The van der Waals surface area contributed by atoms with Gasteiger partial charge < -0.3 is 4.90 Å². The largest absolute Gasteiger partial charge is 0.333 e. The van der Waals surface area contributed by atoms with Gasteiger partial charge in [0.2, 0.25) is 0 Å². The first-order valence-corrected chi connectivity index (χ1v) is 13.3. The van der Waals surface area contributed by atoms with Gasteiger partial charge in [-0.1, -0.05) is 59.6 Å². The second kappa shape index (κ2) is 8.79. The van der Waals surface area contributed by atoms with Gasteiger partial charge in [0.15, 0.2) is 9.84 Å². The van der Waals surface area contributed by atoms with Crippen LogP contribution in [0.15, 0.2) is 77.7 Å². The van der Waals surface area contributed by atoms with Crippen molar-refractivity contribution in [3.63, 3.8) is 0 Å². The summed E-state index contributed by atoms with van der Waals surface area (Å²) in [6.07, 6.45) is 2.67. The van der Waals surface area contributed by atoms with Crippen LogP contribution in [-0.4, -0.2) is 36.6 Å². The Morgan fingerprint density at radius 2 is 1.39 bits per heavy atom. The SMILES string of the molecule is O=C(c1ccc(-c2ccc(Cl)c(Cl)c2)cc1)N1C2CCC1CC(S(=O)(=O)c1ccccc1)C2. The number of carbonyl (C=O) groups excluding carboxylic acids is 1. The number of halogens is 2. The van der Waals surface area contributed by atoms with E-state index >= 15 is 0 Å². The Morgan fingerprint density at radius 3 is 2.00 bits per heavy atom. The highest BCUT2D eigenvalue weighted by Crippen LogP contribution is 2.40. The van der Waals surface area contributed by atoms with Crippen molar-refractivity contribution in [3.05, 3.63) is 88.4 Å². The van der Waals surface area contributed by atoms with Gasteiger partial charge in [-0.3, -0.25) is 4.79 Å². The summed E-state index contributed by atoms with van der Waals surface area (Å²) in [5.74, 6) is -0.0289. The van der Waals surface area contributed by atoms with Crippen molar-refractivity contribution in [2.24, 2.45) is 0 Å². The Kier molecular flexibility index (Phi) is 5.98. The third-order valence-corrected chi connectivity index (χ3v) is 9.75. The highest BCUT2D eigenvalue weighted by Gasteiger charge is 2.47. The van der Waals surface area contributed by atoms with Gasteiger partial charge >= 0.3 is 0 Å². The number of sulfone groups is 1. The average Bonchev–Trinajstić information content (AvgIpc) is 3.09. The highest BCUT2D eigenvalue weighted by molar-refractivity contribution is 7.92. The molecule has 5 rings (SSSR count). The van der Waals surface area contributed by atoms with E-state index in [4.69, 9.17) is 23.2 Å². The number of fused-ring (bicyclic) bond motifs is 2. The molecule has 33 heavy (non-hydrogen) atoms. The van der Waals surface area contributed by atoms with Gasteiger partial charge in [0.05, 0.1) is 20.2 Å². The summed E-state index contributed by atoms with van der Waals surface area (Å²) in [6, 6.07) is 21.5. The van der Waals surface area contributed by atoms with Crippen molar-refractivity contribution in [1.82, 2.24) is 4.90 Å². The number of piperidine rings is 1. The number of nitrogens with zero attached hydrogens (tertiary/aromatic N) is 1. The first kappa shape index (κ1) is 22.5. The van der Waals surface area contributed by atoms with Crippen LogP contribution in [0, 0.1) is 0 Å². The smallest absolute Gasteiger partial charge is 0.254 e. The first-order chi connectivity index (χ1) is 15.8. The van der Waals surface area contributed by atoms with Crippen LogP contribution in [0.5, 0.6) is 0 Å². The molecule has 0 saturated carbocycles. The van der Waals surface area contributed by atoms with Gasteiger partial charge in [0, 0.05) is 17.6 Å². The van der Waals surface area contributed by atoms with Crippen LogP contribution in [0.4, 0.5) is 0 Å². The zero-order valence-corrected chi connectivity index (χ0v) is 20.2. The lowest BCUT2D eigenvalue weighted by atomic mass is 9.99. The maximum absolute atomic E-state index is 13.4. The standard InChI is InChI=1S/C26H23Cl2NO3S/c27-24-13-10-19(14-25(24)28)17-6-8-18(9-7-17)26(30)29-20-11-12-21(29)16-23(15-20)33(31,32)22-4-2-1-3-5-22/h1-10,13-14,20-21,23H,11-12,15-16H2. The van der Waals surface area contributed by atoms with Crippen LogP contribution in [0.2, 0.25) is 10.0 Å². The molecule has 2 atom stereocenters. The van der Waals surface area contributed by atoms with Gasteiger partial charge in [-0.25, -0.2) is 8.42 Å². The molecule has 0 radical (unpaired) electrons. The summed E-state index contributed by atoms with van der Waals surface area (Å²) < 4.78 is 26.3. The zero-order chi connectivity index (χ0) is 23.2. The maximum Gasteiger partial charge on any atom is 0.254 e. The lowest BCUT2D eigenvalue weighted by Gasteiger charge is -2.38. The van der Waals surface area contributed by atoms with Crippen LogP contribution in [-0.2, 0) is 9.84 Å². The number of carbonyl (C=O) groups is 1. The summed E-state index contributed by atoms with van der Waals surface area (Å²) in [6.45, 7) is 0. The second-order valence-corrected chi connectivity index (χ2v) is 11.8. The molecule has 7 heteroatoms. The van der Waals surface area contributed by atoms with E-state index < -0.39 is 15.1 Å². The molecular formula is C26H23Cl2NO3S. The van der Waals surface area contributed by atoms with Gasteiger partial charge in [-0.15, -0.1) is 0 Å². The Morgan fingerprint density at radius 1 is 0.788 bits per heavy atom. The highest BCUT2D eigenvalue weighted by atomic mass is 35.5. The van der Waals surface area contributed by atoms with Crippen LogP contribution >= 0.6 is 23.2 Å². The second-order valence-electron chi connectivity index (χ2n) is 8.76. The molecule has 2 unspecified atom stereocenters. The van der Waals surface area contributed by atoms with Gasteiger partial charge in [0.1, 0.15) is 0 Å². The van der Waals surface area contributed by atoms with Crippen molar-refractivity contribution >= 4 is 38.9 Å². The summed E-state index contributed by atoms with van der Waals surface area (Å²) in [7, 11) is -3.40. The molecule has 0 aromatic heterocycles. The lowest BCUT2D eigenvalue weighted by molar-refractivity contribution is 0.0598. The summed E-state index contributed by atoms with van der Waals surface area (Å²) in [5.41, 5.74) is 2.48. The van der Waals surface area contributed by atoms with Crippen molar-refractivity contribution < 1.29 is 13.2 Å². The first-order valence-electron chi connectivity index (χ1n) is 11.0. The predicted octanol–water partition coefficient (Wildman–Crippen LogP) is 6.27. The van der Waals surface area contributed by atoms with Crippen molar-refractivity contribution in [1.29, 1.82) is 0 Å². The number of hydrogen-bond acceptors (Lipinski definition) is 3. The van der Waals surface area contributed by atoms with Gasteiger partial charge in [-0.2, -0.15) is 0 Å². The van der Waals surface area contributed by atoms with E-state index in [1.54, 1.807) is 36.4 Å². The zero-order valence-electron chi connectivity index (χ0n) is 17.8. The van der Waals surface area contributed by atoms with E-state index in [0.717, 1.165) is 24.0 Å². The molecular weight excluding hydrogens is 477 g/mol. The van der Waals surface area contributed by atoms with Crippen LogP contribution < -0.4 is 0 Å². The van der Waals surface area contributed by atoms with Crippen LogP contribution in [0.3, 0.4) is 0 Å². The number of amides is 1. The summed E-state index contributed by atoms with van der Waals surface area (Å²) in [5, 5.41) is 0.540. The van der Waals surface area contributed by atoms with E-state index in [-0.39, 0.29) is 18.0 Å². The van der Waals surface area contributed by atoms with E-state index in [0.29, 0.717) is 33.3 Å². The predicted molar refractivity (Wildman–Crippen MR) is 132 cm³/mol. The fraction of sp³-hybridized carbons (Fsp3) is 0.269. The molecule has 4 nitrogen and oxygen atoms in total. The Hall–Kier alpha value is -2.34. The molecule has 3 aromatic rings. The molecule has 1 amide bonds.